The van der Waals surface area contributed by atoms with E-state index in [0.717, 1.165) is 23.1 Å². The molecule has 0 spiro atoms. The molecule has 2 heterocycles. The standard InChI is InChI=1S/C12H16BrN3S/c1-2-3-12-15-4-5-16(12)10(7-14)11-6-9(13)8-17-11/h4-6,8,10H,2-3,7,14H2,1H3. The van der Waals surface area contributed by atoms with Crippen molar-refractivity contribution in [3.8, 4) is 0 Å². The molecule has 17 heavy (non-hydrogen) atoms. The van der Waals surface area contributed by atoms with Crippen LogP contribution in [-0.4, -0.2) is 16.1 Å². The summed E-state index contributed by atoms with van der Waals surface area (Å²) in [6, 6.07) is 2.34. The fourth-order valence-corrected chi connectivity index (χ4v) is 3.47. The van der Waals surface area contributed by atoms with Crippen molar-refractivity contribution in [1.29, 1.82) is 0 Å². The Kier molecular flexibility index (Phi) is 4.36. The predicted octanol–water partition coefficient (Wildman–Crippen LogP) is 3.21. The number of hydrogen-bond acceptors (Lipinski definition) is 3. The molecule has 0 aliphatic heterocycles. The number of nitrogens with zero attached hydrogens (tertiary/aromatic N) is 2. The smallest absolute Gasteiger partial charge is 0.109 e. The summed E-state index contributed by atoms with van der Waals surface area (Å²) in [5.41, 5.74) is 5.91. The third-order valence-electron chi connectivity index (χ3n) is 2.70. The van der Waals surface area contributed by atoms with Gasteiger partial charge in [-0.15, -0.1) is 11.3 Å². The molecule has 0 aromatic carbocycles. The molecule has 5 heteroatoms. The molecular formula is C12H16BrN3S. The second-order valence-electron chi connectivity index (χ2n) is 3.92. The van der Waals surface area contributed by atoms with E-state index in [-0.39, 0.29) is 6.04 Å². The first-order valence-electron chi connectivity index (χ1n) is 5.72. The maximum atomic E-state index is 5.91. The quantitative estimate of drug-likeness (QED) is 0.921. The van der Waals surface area contributed by atoms with Gasteiger partial charge in [0.15, 0.2) is 0 Å². The van der Waals surface area contributed by atoms with E-state index in [2.05, 4.69) is 43.9 Å². The lowest BCUT2D eigenvalue weighted by Gasteiger charge is -2.17. The molecule has 0 saturated heterocycles. The zero-order chi connectivity index (χ0) is 12.3. The number of halogens is 1. The van der Waals surface area contributed by atoms with Gasteiger partial charge in [0.25, 0.3) is 0 Å². The molecule has 1 unspecified atom stereocenters. The molecule has 0 aliphatic rings. The molecule has 0 bridgehead atoms. The van der Waals surface area contributed by atoms with Gasteiger partial charge in [0.1, 0.15) is 5.82 Å². The van der Waals surface area contributed by atoms with Gasteiger partial charge in [-0.25, -0.2) is 4.98 Å². The number of hydrogen-bond donors (Lipinski definition) is 1. The summed E-state index contributed by atoms with van der Waals surface area (Å²) in [4.78, 5) is 5.68. The molecule has 0 fully saturated rings. The van der Waals surface area contributed by atoms with Crippen molar-refractivity contribution < 1.29 is 0 Å². The summed E-state index contributed by atoms with van der Waals surface area (Å²) in [5, 5.41) is 2.09. The number of aryl methyl sites for hydroxylation is 1. The Hall–Kier alpha value is -0.650. The fraction of sp³-hybridized carbons (Fsp3) is 0.417. The lowest BCUT2D eigenvalue weighted by Crippen LogP contribution is -2.20. The van der Waals surface area contributed by atoms with E-state index in [1.54, 1.807) is 11.3 Å². The second kappa shape index (κ2) is 5.80. The van der Waals surface area contributed by atoms with Crippen LogP contribution in [0.4, 0.5) is 0 Å². The van der Waals surface area contributed by atoms with Crippen LogP contribution in [0.15, 0.2) is 28.3 Å². The molecule has 92 valence electrons. The van der Waals surface area contributed by atoms with Crippen molar-refractivity contribution in [2.45, 2.75) is 25.8 Å². The Morgan fingerprint density at radius 1 is 1.59 bits per heavy atom. The van der Waals surface area contributed by atoms with E-state index in [4.69, 9.17) is 5.73 Å². The minimum Gasteiger partial charge on any atom is -0.328 e. The molecule has 0 amide bonds. The molecule has 0 aliphatic carbocycles. The molecule has 1 atom stereocenters. The molecule has 0 radical (unpaired) electrons. The van der Waals surface area contributed by atoms with Gasteiger partial charge in [-0.2, -0.15) is 0 Å². The predicted molar refractivity (Wildman–Crippen MR) is 75.4 cm³/mol. The van der Waals surface area contributed by atoms with Crippen molar-refractivity contribution in [2.75, 3.05) is 6.54 Å². The summed E-state index contributed by atoms with van der Waals surface area (Å²) in [6.45, 7) is 2.76. The molecule has 2 N–H and O–H groups in total. The zero-order valence-corrected chi connectivity index (χ0v) is 12.2. The van der Waals surface area contributed by atoms with Crippen molar-refractivity contribution >= 4 is 27.3 Å². The Morgan fingerprint density at radius 3 is 3.00 bits per heavy atom. The molecule has 0 saturated carbocycles. The van der Waals surface area contributed by atoms with Gasteiger partial charge in [0.2, 0.25) is 0 Å². The van der Waals surface area contributed by atoms with Gasteiger partial charge in [0, 0.05) is 40.1 Å². The lowest BCUT2D eigenvalue weighted by molar-refractivity contribution is 0.569. The average molecular weight is 314 g/mol. The zero-order valence-electron chi connectivity index (χ0n) is 9.77. The summed E-state index contributed by atoms with van der Waals surface area (Å²) < 4.78 is 3.31. The third kappa shape index (κ3) is 2.78. The largest absolute Gasteiger partial charge is 0.328 e. The van der Waals surface area contributed by atoms with Gasteiger partial charge < -0.3 is 10.3 Å². The molecule has 2 aromatic heterocycles. The Labute approximate surface area is 114 Å². The Balaban J connectivity index is 2.31. The number of thiophene rings is 1. The first-order valence-corrected chi connectivity index (χ1v) is 7.39. The number of aromatic nitrogens is 2. The van der Waals surface area contributed by atoms with Crippen LogP contribution in [0.2, 0.25) is 0 Å². The highest BCUT2D eigenvalue weighted by Crippen LogP contribution is 2.28. The van der Waals surface area contributed by atoms with Gasteiger partial charge in [-0.1, -0.05) is 6.92 Å². The maximum absolute atomic E-state index is 5.91. The van der Waals surface area contributed by atoms with Gasteiger partial charge >= 0.3 is 0 Å². The van der Waals surface area contributed by atoms with Crippen LogP contribution in [0.5, 0.6) is 0 Å². The summed E-state index contributed by atoms with van der Waals surface area (Å²) in [7, 11) is 0. The van der Waals surface area contributed by atoms with Crippen LogP contribution in [0.3, 0.4) is 0 Å². The first kappa shape index (κ1) is 12.8. The number of rotatable bonds is 5. The first-order chi connectivity index (χ1) is 8.26. The highest BCUT2D eigenvalue weighted by atomic mass is 79.9. The van der Waals surface area contributed by atoms with Crippen LogP contribution < -0.4 is 5.73 Å². The fourth-order valence-electron chi connectivity index (χ4n) is 1.91. The van der Waals surface area contributed by atoms with E-state index < -0.39 is 0 Å². The highest BCUT2D eigenvalue weighted by Gasteiger charge is 2.16. The topological polar surface area (TPSA) is 43.8 Å². The number of imidazole rings is 1. The van der Waals surface area contributed by atoms with E-state index in [1.807, 2.05) is 12.4 Å². The SMILES string of the molecule is CCCc1nccn1C(CN)c1cc(Br)cs1. The molecule has 2 aromatic rings. The third-order valence-corrected chi connectivity index (χ3v) is 4.49. The monoisotopic (exact) mass is 313 g/mol. The average Bonchev–Trinajstić information content (AvgIpc) is 2.91. The van der Waals surface area contributed by atoms with Crippen molar-refractivity contribution in [3.63, 3.8) is 0 Å². The maximum Gasteiger partial charge on any atom is 0.109 e. The van der Waals surface area contributed by atoms with Crippen molar-refractivity contribution in [1.82, 2.24) is 9.55 Å². The molecule has 3 nitrogen and oxygen atoms in total. The lowest BCUT2D eigenvalue weighted by atomic mass is 10.2. The number of nitrogens with two attached hydrogens (primary N) is 1. The molecular weight excluding hydrogens is 298 g/mol. The second-order valence-corrected chi connectivity index (χ2v) is 5.78. The van der Waals surface area contributed by atoms with E-state index in [1.165, 1.54) is 4.88 Å². The minimum atomic E-state index is 0.204. The highest BCUT2D eigenvalue weighted by molar-refractivity contribution is 9.10. The summed E-state index contributed by atoms with van der Waals surface area (Å²) in [6.07, 6.45) is 5.98. The van der Waals surface area contributed by atoms with Crippen LogP contribution in [-0.2, 0) is 6.42 Å². The van der Waals surface area contributed by atoms with Gasteiger partial charge in [0.05, 0.1) is 6.04 Å². The summed E-state index contributed by atoms with van der Waals surface area (Å²) in [5.74, 6) is 1.12. The van der Waals surface area contributed by atoms with Crippen LogP contribution in [0, 0.1) is 0 Å². The van der Waals surface area contributed by atoms with Gasteiger partial charge in [-0.3, -0.25) is 0 Å². The van der Waals surface area contributed by atoms with E-state index in [0.29, 0.717) is 6.54 Å². The molecule has 2 rings (SSSR count). The van der Waals surface area contributed by atoms with Crippen molar-refractivity contribution in [3.05, 3.63) is 39.0 Å². The Morgan fingerprint density at radius 2 is 2.41 bits per heavy atom. The van der Waals surface area contributed by atoms with Crippen LogP contribution >= 0.6 is 27.3 Å². The van der Waals surface area contributed by atoms with E-state index in [9.17, 15) is 0 Å². The minimum absolute atomic E-state index is 0.204. The van der Waals surface area contributed by atoms with Crippen LogP contribution in [0.25, 0.3) is 0 Å². The summed E-state index contributed by atoms with van der Waals surface area (Å²) >= 11 is 5.22. The van der Waals surface area contributed by atoms with Crippen molar-refractivity contribution in [2.24, 2.45) is 5.73 Å². The van der Waals surface area contributed by atoms with Crippen LogP contribution in [0.1, 0.15) is 30.1 Å². The van der Waals surface area contributed by atoms with Gasteiger partial charge in [-0.05, 0) is 28.4 Å². The van der Waals surface area contributed by atoms with E-state index >= 15 is 0 Å². The Bertz CT molecular complexity index is 478. The normalized spacial score (nSPS) is 12.9.